The second-order valence-electron chi connectivity index (χ2n) is 7.11. The van der Waals surface area contributed by atoms with Crippen molar-refractivity contribution < 1.29 is 4.79 Å². The van der Waals surface area contributed by atoms with Gasteiger partial charge in [0.15, 0.2) is 10.6 Å². The Labute approximate surface area is 167 Å². The number of aromatic amines is 1. The van der Waals surface area contributed by atoms with Gasteiger partial charge in [-0.15, -0.1) is 11.3 Å². The normalized spacial score (nSPS) is 16.1. The van der Waals surface area contributed by atoms with E-state index < -0.39 is 6.04 Å². The van der Waals surface area contributed by atoms with Crippen LogP contribution in [-0.4, -0.2) is 20.7 Å². The lowest BCUT2D eigenvalue weighted by molar-refractivity contribution is -0.124. The van der Waals surface area contributed by atoms with E-state index in [2.05, 4.69) is 46.7 Å². The van der Waals surface area contributed by atoms with Crippen LogP contribution in [0.3, 0.4) is 0 Å². The summed E-state index contributed by atoms with van der Waals surface area (Å²) in [5.74, 6) is 1.18. The number of H-pyrrole nitrogens is 1. The predicted octanol–water partition coefficient (Wildman–Crippen LogP) is 4.81. The maximum atomic E-state index is 13.1. The highest BCUT2D eigenvalue weighted by Gasteiger charge is 2.34. The maximum absolute atomic E-state index is 13.1. The molecule has 1 aliphatic rings. The lowest BCUT2D eigenvalue weighted by Gasteiger charge is -2.22. The Morgan fingerprint density at radius 3 is 2.70 bits per heavy atom. The third kappa shape index (κ3) is 3.75. The van der Waals surface area contributed by atoms with Gasteiger partial charge in [-0.1, -0.05) is 35.9 Å². The van der Waals surface area contributed by atoms with Crippen molar-refractivity contribution in [3.8, 4) is 10.7 Å². The van der Waals surface area contributed by atoms with Crippen LogP contribution in [0.25, 0.3) is 10.7 Å². The molecule has 0 saturated heterocycles. The quantitative estimate of drug-likeness (QED) is 0.586. The molecule has 0 radical (unpaired) electrons. The second-order valence-corrected chi connectivity index (χ2v) is 8.44. The number of hydrogen-bond acceptors (Lipinski definition) is 4. The Hall–Kier alpha value is -2.25. The number of amides is 1. The van der Waals surface area contributed by atoms with Crippen molar-refractivity contribution in [1.82, 2.24) is 20.1 Å². The highest BCUT2D eigenvalue weighted by atomic mass is 32.1. The number of carbonyl (C=O) groups is 1. The molecule has 7 heteroatoms. The summed E-state index contributed by atoms with van der Waals surface area (Å²) in [6.07, 6.45) is 2.30. The first-order valence-corrected chi connectivity index (χ1v) is 10.4. The lowest BCUT2D eigenvalue weighted by Crippen LogP contribution is -2.35. The molecule has 3 aromatic rings. The van der Waals surface area contributed by atoms with Crippen LogP contribution < -0.4 is 5.32 Å². The zero-order valence-electron chi connectivity index (χ0n) is 15.3. The molecule has 1 aliphatic carbocycles. The molecule has 0 bridgehead atoms. The van der Waals surface area contributed by atoms with E-state index in [0.29, 0.717) is 16.5 Å². The average Bonchev–Trinajstić information content (AvgIpc) is 3.21. The van der Waals surface area contributed by atoms with Gasteiger partial charge in [0.1, 0.15) is 6.04 Å². The zero-order valence-corrected chi connectivity index (χ0v) is 16.9. The summed E-state index contributed by atoms with van der Waals surface area (Å²) in [4.78, 5) is 14.1. The standard InChI is InChI=1S/C20H22N4OS2/c1-12-5-7-14(8-6-12)17(15-9-10-15)21-19(25)13(2)24-18(22-23-20(24)26)16-4-3-11-27-16/h3-8,11,13,15,17H,9-10H2,1-2H3,(H,21,25)(H,23,26). The molecule has 2 atom stereocenters. The van der Waals surface area contributed by atoms with E-state index in [1.165, 1.54) is 5.56 Å². The van der Waals surface area contributed by atoms with Gasteiger partial charge in [0.05, 0.1) is 10.9 Å². The first-order chi connectivity index (χ1) is 13.0. The molecular weight excluding hydrogens is 376 g/mol. The predicted molar refractivity (Wildman–Crippen MR) is 110 cm³/mol. The Morgan fingerprint density at radius 1 is 1.33 bits per heavy atom. The summed E-state index contributed by atoms with van der Waals surface area (Å²) in [5, 5.41) is 12.4. The molecule has 140 valence electrons. The third-order valence-electron chi connectivity index (χ3n) is 5.04. The number of aromatic nitrogens is 3. The number of aryl methyl sites for hydroxylation is 1. The van der Waals surface area contributed by atoms with Crippen LogP contribution >= 0.6 is 23.6 Å². The number of nitrogens with zero attached hydrogens (tertiary/aromatic N) is 2. The van der Waals surface area contributed by atoms with Crippen LogP contribution in [0.4, 0.5) is 0 Å². The van der Waals surface area contributed by atoms with Gasteiger partial charge in [-0.3, -0.25) is 14.5 Å². The van der Waals surface area contributed by atoms with Gasteiger partial charge in [-0.2, -0.15) is 5.10 Å². The Morgan fingerprint density at radius 2 is 2.07 bits per heavy atom. The summed E-state index contributed by atoms with van der Waals surface area (Å²) in [7, 11) is 0. The van der Waals surface area contributed by atoms with Crippen LogP contribution in [0.1, 0.15) is 43.0 Å². The van der Waals surface area contributed by atoms with E-state index in [1.807, 2.05) is 24.4 Å². The topological polar surface area (TPSA) is 62.7 Å². The van der Waals surface area contributed by atoms with E-state index in [1.54, 1.807) is 15.9 Å². The van der Waals surface area contributed by atoms with Gasteiger partial charge in [-0.25, -0.2) is 0 Å². The van der Waals surface area contributed by atoms with Crippen molar-refractivity contribution in [1.29, 1.82) is 0 Å². The van der Waals surface area contributed by atoms with Gasteiger partial charge in [0, 0.05) is 0 Å². The molecule has 0 aliphatic heterocycles. The van der Waals surface area contributed by atoms with Crippen molar-refractivity contribution in [2.45, 2.75) is 38.8 Å². The number of thiophene rings is 1. The number of hydrogen-bond donors (Lipinski definition) is 2. The van der Waals surface area contributed by atoms with E-state index in [9.17, 15) is 4.79 Å². The minimum absolute atomic E-state index is 0.0391. The van der Waals surface area contributed by atoms with Crippen LogP contribution in [0.5, 0.6) is 0 Å². The third-order valence-corrected chi connectivity index (χ3v) is 6.19. The fourth-order valence-corrected chi connectivity index (χ4v) is 4.31. The Bertz CT molecular complexity index is 984. The summed E-state index contributed by atoms with van der Waals surface area (Å²) in [5.41, 5.74) is 2.39. The van der Waals surface area contributed by atoms with Gasteiger partial charge < -0.3 is 5.32 Å². The lowest BCUT2D eigenvalue weighted by atomic mass is 10.0. The first-order valence-electron chi connectivity index (χ1n) is 9.12. The van der Waals surface area contributed by atoms with Crippen molar-refractivity contribution >= 4 is 29.5 Å². The van der Waals surface area contributed by atoms with Crippen molar-refractivity contribution in [3.63, 3.8) is 0 Å². The highest BCUT2D eigenvalue weighted by Crippen LogP contribution is 2.41. The molecule has 1 amide bonds. The summed E-state index contributed by atoms with van der Waals surface area (Å²) < 4.78 is 2.26. The molecule has 2 N–H and O–H groups in total. The fraction of sp³-hybridized carbons (Fsp3) is 0.350. The fourth-order valence-electron chi connectivity index (χ4n) is 3.31. The van der Waals surface area contributed by atoms with Crippen LogP contribution in [0.15, 0.2) is 41.8 Å². The average molecular weight is 399 g/mol. The summed E-state index contributed by atoms with van der Waals surface area (Å²) >= 11 is 6.98. The van der Waals surface area contributed by atoms with Gasteiger partial charge >= 0.3 is 0 Å². The Kier molecular flexibility index (Phi) is 4.97. The van der Waals surface area contributed by atoms with Crippen LogP contribution in [0.2, 0.25) is 0 Å². The van der Waals surface area contributed by atoms with Gasteiger partial charge in [0.2, 0.25) is 5.91 Å². The molecule has 2 heterocycles. The highest BCUT2D eigenvalue weighted by molar-refractivity contribution is 7.71. The minimum Gasteiger partial charge on any atom is -0.347 e. The monoisotopic (exact) mass is 398 g/mol. The molecule has 1 aromatic carbocycles. The number of rotatable bonds is 6. The number of nitrogens with one attached hydrogen (secondary N) is 2. The van der Waals surface area contributed by atoms with Gasteiger partial charge in [0.25, 0.3) is 0 Å². The Balaban J connectivity index is 1.58. The molecule has 27 heavy (non-hydrogen) atoms. The number of benzene rings is 1. The van der Waals surface area contributed by atoms with E-state index >= 15 is 0 Å². The molecule has 2 aromatic heterocycles. The van der Waals surface area contributed by atoms with Crippen molar-refractivity contribution in [2.24, 2.45) is 5.92 Å². The molecule has 5 nitrogen and oxygen atoms in total. The SMILES string of the molecule is Cc1ccc(C(NC(=O)C(C)n2c(-c3cccs3)n[nH]c2=S)C2CC2)cc1. The second kappa shape index (κ2) is 7.40. The summed E-state index contributed by atoms with van der Waals surface area (Å²) in [6.45, 7) is 3.94. The molecule has 0 spiro atoms. The van der Waals surface area contributed by atoms with Crippen molar-refractivity contribution in [3.05, 3.63) is 57.7 Å². The molecule has 1 saturated carbocycles. The summed E-state index contributed by atoms with van der Waals surface area (Å²) in [6, 6.07) is 12.0. The largest absolute Gasteiger partial charge is 0.347 e. The van der Waals surface area contributed by atoms with Crippen LogP contribution in [0, 0.1) is 17.6 Å². The first kappa shape index (κ1) is 18.1. The smallest absolute Gasteiger partial charge is 0.243 e. The minimum atomic E-state index is -0.444. The molecule has 1 fully saturated rings. The zero-order chi connectivity index (χ0) is 19.0. The molecule has 2 unspecified atom stereocenters. The van der Waals surface area contributed by atoms with Gasteiger partial charge in [-0.05, 0) is 61.8 Å². The number of carbonyl (C=O) groups excluding carboxylic acids is 1. The van der Waals surface area contributed by atoms with Crippen molar-refractivity contribution in [2.75, 3.05) is 0 Å². The maximum Gasteiger partial charge on any atom is 0.243 e. The van der Waals surface area contributed by atoms with E-state index in [-0.39, 0.29) is 11.9 Å². The van der Waals surface area contributed by atoms with Crippen LogP contribution in [-0.2, 0) is 4.79 Å². The van der Waals surface area contributed by atoms with E-state index in [0.717, 1.165) is 23.3 Å². The van der Waals surface area contributed by atoms with E-state index in [4.69, 9.17) is 12.2 Å². The molecular formula is C20H22N4OS2. The molecule has 4 rings (SSSR count).